The number of nitrogens with zero attached hydrogens (tertiary/aromatic N) is 4. The molecule has 0 unspecified atom stereocenters. The van der Waals surface area contributed by atoms with Crippen molar-refractivity contribution in [3.8, 4) is 0 Å². The van der Waals surface area contributed by atoms with Gasteiger partial charge in [0.2, 0.25) is 0 Å². The van der Waals surface area contributed by atoms with Crippen molar-refractivity contribution in [1.82, 2.24) is 30.4 Å². The molecule has 9 nitrogen and oxygen atoms in total. The van der Waals surface area contributed by atoms with E-state index in [2.05, 4.69) is 38.1 Å². The standard InChI is InChI=1S/C23H27N7O2/c1-15(10-21-29-26-14-30(21)2)16-4-3-5-18(11-16)27-23(32)20-12-17(6-9-25-20)22(31)28-19-7-8-24-13-19/h3-6,9,11-12,14-15,19,24H,7-8,10,13H2,1-2H3,(H,27,32)(H,28,31)/t15-,19+/m1/s1. The third kappa shape index (κ3) is 5.17. The molecule has 0 spiro atoms. The maximum absolute atomic E-state index is 12.8. The van der Waals surface area contributed by atoms with E-state index in [9.17, 15) is 9.59 Å². The van der Waals surface area contributed by atoms with E-state index < -0.39 is 0 Å². The minimum atomic E-state index is -0.361. The molecule has 1 aromatic carbocycles. The van der Waals surface area contributed by atoms with Gasteiger partial charge in [-0.1, -0.05) is 19.1 Å². The lowest BCUT2D eigenvalue weighted by Crippen LogP contribution is -2.36. The molecular formula is C23H27N7O2. The van der Waals surface area contributed by atoms with Crippen molar-refractivity contribution < 1.29 is 9.59 Å². The molecular weight excluding hydrogens is 406 g/mol. The average molecular weight is 434 g/mol. The van der Waals surface area contributed by atoms with Gasteiger partial charge in [0.15, 0.2) is 0 Å². The number of benzene rings is 1. The first-order valence-corrected chi connectivity index (χ1v) is 10.7. The highest BCUT2D eigenvalue weighted by molar-refractivity contribution is 6.04. The van der Waals surface area contributed by atoms with Gasteiger partial charge in [0.1, 0.15) is 17.8 Å². The van der Waals surface area contributed by atoms with Crippen LogP contribution >= 0.6 is 0 Å². The first-order chi connectivity index (χ1) is 15.5. The summed E-state index contributed by atoms with van der Waals surface area (Å²) < 4.78 is 1.90. The Hall–Kier alpha value is -3.59. The van der Waals surface area contributed by atoms with E-state index in [4.69, 9.17) is 0 Å². The van der Waals surface area contributed by atoms with Crippen LogP contribution < -0.4 is 16.0 Å². The molecule has 2 atom stereocenters. The largest absolute Gasteiger partial charge is 0.348 e. The SMILES string of the molecule is C[C@H](Cc1nncn1C)c1cccc(NC(=O)c2cc(C(=O)N[C@H]3CCNC3)ccn2)c1. The zero-order valence-electron chi connectivity index (χ0n) is 18.2. The van der Waals surface area contributed by atoms with E-state index in [1.165, 1.54) is 12.3 Å². The van der Waals surface area contributed by atoms with Crippen molar-refractivity contribution in [1.29, 1.82) is 0 Å². The van der Waals surface area contributed by atoms with Crippen molar-refractivity contribution in [2.75, 3.05) is 18.4 Å². The van der Waals surface area contributed by atoms with Crippen molar-refractivity contribution in [2.45, 2.75) is 31.7 Å². The van der Waals surface area contributed by atoms with Gasteiger partial charge in [-0.25, -0.2) is 0 Å². The quantitative estimate of drug-likeness (QED) is 0.524. The van der Waals surface area contributed by atoms with E-state index >= 15 is 0 Å². The van der Waals surface area contributed by atoms with Gasteiger partial charge in [0, 0.05) is 43.5 Å². The molecule has 1 fully saturated rings. The molecule has 1 aliphatic heterocycles. The molecule has 0 bridgehead atoms. The number of amides is 2. The van der Waals surface area contributed by atoms with Crippen molar-refractivity contribution >= 4 is 17.5 Å². The summed E-state index contributed by atoms with van der Waals surface area (Å²) in [5, 5.41) is 17.2. The van der Waals surface area contributed by atoms with Gasteiger partial charge in [-0.15, -0.1) is 10.2 Å². The Morgan fingerprint density at radius 2 is 2.12 bits per heavy atom. The topological polar surface area (TPSA) is 114 Å². The minimum absolute atomic E-state index is 0.110. The molecule has 9 heteroatoms. The number of anilines is 1. The van der Waals surface area contributed by atoms with Crippen LogP contribution in [0.3, 0.4) is 0 Å². The molecule has 3 N–H and O–H groups in total. The van der Waals surface area contributed by atoms with Crippen LogP contribution in [0.4, 0.5) is 5.69 Å². The minimum Gasteiger partial charge on any atom is -0.348 e. The fourth-order valence-electron chi connectivity index (χ4n) is 3.74. The summed E-state index contributed by atoms with van der Waals surface area (Å²) in [5.41, 5.74) is 2.37. The fraction of sp³-hybridized carbons (Fsp3) is 0.348. The Bertz CT molecular complexity index is 1100. The van der Waals surface area contributed by atoms with Crippen LogP contribution in [0.5, 0.6) is 0 Å². The first kappa shape index (κ1) is 21.6. The summed E-state index contributed by atoms with van der Waals surface area (Å²) in [6, 6.07) is 11.0. The Morgan fingerprint density at radius 1 is 1.25 bits per heavy atom. The van der Waals surface area contributed by atoms with Crippen LogP contribution in [-0.2, 0) is 13.5 Å². The lowest BCUT2D eigenvalue weighted by atomic mass is 9.97. The Kier molecular flexibility index (Phi) is 6.55. The van der Waals surface area contributed by atoms with E-state index in [-0.39, 0.29) is 29.5 Å². The highest BCUT2D eigenvalue weighted by Gasteiger charge is 2.19. The zero-order chi connectivity index (χ0) is 22.5. The summed E-state index contributed by atoms with van der Waals surface area (Å²) in [6.07, 6.45) is 4.81. The summed E-state index contributed by atoms with van der Waals surface area (Å²) in [7, 11) is 1.92. The number of carbonyl (C=O) groups is 2. The van der Waals surface area contributed by atoms with Crippen molar-refractivity contribution in [3.05, 3.63) is 71.6 Å². The van der Waals surface area contributed by atoms with Gasteiger partial charge in [-0.3, -0.25) is 14.6 Å². The third-order valence-electron chi connectivity index (χ3n) is 5.66. The van der Waals surface area contributed by atoms with Crippen LogP contribution in [0.25, 0.3) is 0 Å². The molecule has 2 amide bonds. The summed E-state index contributed by atoms with van der Waals surface area (Å²) in [6.45, 7) is 3.76. The summed E-state index contributed by atoms with van der Waals surface area (Å²) in [4.78, 5) is 29.4. The van der Waals surface area contributed by atoms with E-state index in [1.54, 1.807) is 12.4 Å². The number of rotatable bonds is 7. The van der Waals surface area contributed by atoms with Crippen LogP contribution in [0.2, 0.25) is 0 Å². The zero-order valence-corrected chi connectivity index (χ0v) is 18.2. The number of aromatic nitrogens is 4. The molecule has 166 valence electrons. The van der Waals surface area contributed by atoms with Gasteiger partial charge in [0.05, 0.1) is 0 Å². The number of aryl methyl sites for hydroxylation is 1. The van der Waals surface area contributed by atoms with Gasteiger partial charge in [-0.2, -0.15) is 0 Å². The van der Waals surface area contributed by atoms with Gasteiger partial charge in [0.25, 0.3) is 11.8 Å². The molecule has 0 radical (unpaired) electrons. The predicted octanol–water partition coefficient (Wildman–Crippen LogP) is 1.90. The Labute approximate surface area is 186 Å². The second kappa shape index (κ2) is 9.69. The summed E-state index contributed by atoms with van der Waals surface area (Å²) >= 11 is 0. The number of pyridine rings is 1. The molecule has 3 heterocycles. The molecule has 1 aliphatic rings. The van der Waals surface area contributed by atoms with Crippen LogP contribution in [0.15, 0.2) is 48.9 Å². The molecule has 0 aliphatic carbocycles. The van der Waals surface area contributed by atoms with Gasteiger partial charge in [-0.05, 0) is 48.7 Å². The number of carbonyl (C=O) groups excluding carboxylic acids is 2. The van der Waals surface area contributed by atoms with Crippen molar-refractivity contribution in [2.24, 2.45) is 7.05 Å². The fourth-order valence-corrected chi connectivity index (χ4v) is 3.74. The maximum Gasteiger partial charge on any atom is 0.274 e. The molecule has 4 rings (SSSR count). The van der Waals surface area contributed by atoms with E-state index in [1.807, 2.05) is 35.9 Å². The molecule has 1 saturated heterocycles. The summed E-state index contributed by atoms with van der Waals surface area (Å²) in [5.74, 6) is 0.541. The smallest absolute Gasteiger partial charge is 0.274 e. The third-order valence-corrected chi connectivity index (χ3v) is 5.66. The molecule has 32 heavy (non-hydrogen) atoms. The van der Waals surface area contributed by atoms with E-state index in [0.29, 0.717) is 11.3 Å². The Balaban J connectivity index is 1.42. The predicted molar refractivity (Wildman–Crippen MR) is 120 cm³/mol. The second-order valence-corrected chi connectivity index (χ2v) is 8.14. The average Bonchev–Trinajstić information content (AvgIpc) is 3.46. The van der Waals surface area contributed by atoms with Crippen LogP contribution in [0, 0.1) is 0 Å². The highest BCUT2D eigenvalue weighted by Crippen LogP contribution is 2.22. The number of hydrogen-bond acceptors (Lipinski definition) is 6. The molecule has 3 aromatic rings. The number of nitrogens with one attached hydrogen (secondary N) is 3. The Morgan fingerprint density at radius 3 is 2.88 bits per heavy atom. The van der Waals surface area contributed by atoms with Crippen molar-refractivity contribution in [3.63, 3.8) is 0 Å². The number of hydrogen-bond donors (Lipinski definition) is 3. The normalized spacial score (nSPS) is 16.5. The van der Waals surface area contributed by atoms with Crippen LogP contribution in [-0.4, -0.2) is 50.7 Å². The van der Waals surface area contributed by atoms with Gasteiger partial charge < -0.3 is 20.5 Å². The molecule has 2 aromatic heterocycles. The first-order valence-electron chi connectivity index (χ1n) is 10.7. The van der Waals surface area contributed by atoms with Gasteiger partial charge >= 0.3 is 0 Å². The highest BCUT2D eigenvalue weighted by atomic mass is 16.2. The van der Waals surface area contributed by atoms with E-state index in [0.717, 1.165) is 37.3 Å². The van der Waals surface area contributed by atoms with Crippen LogP contribution in [0.1, 0.15) is 51.5 Å². The lowest BCUT2D eigenvalue weighted by molar-refractivity contribution is 0.0940. The monoisotopic (exact) mass is 433 g/mol. The maximum atomic E-state index is 12.8. The molecule has 0 saturated carbocycles. The second-order valence-electron chi connectivity index (χ2n) is 8.14. The lowest BCUT2D eigenvalue weighted by Gasteiger charge is -2.14.